The quantitative estimate of drug-likeness (QED) is 0.681. The molecule has 2 aliphatic rings. The lowest BCUT2D eigenvalue weighted by Crippen LogP contribution is -2.37. The van der Waals surface area contributed by atoms with Gasteiger partial charge in [0, 0.05) is 52.2 Å². The lowest BCUT2D eigenvalue weighted by molar-refractivity contribution is 0.0383. The van der Waals surface area contributed by atoms with Gasteiger partial charge in [-0.25, -0.2) is 0 Å². The van der Waals surface area contributed by atoms with Crippen molar-refractivity contribution in [1.82, 2.24) is 15.2 Å². The van der Waals surface area contributed by atoms with Crippen molar-refractivity contribution in [3.63, 3.8) is 0 Å². The zero-order chi connectivity index (χ0) is 21.7. The predicted octanol–water partition coefficient (Wildman–Crippen LogP) is 2.19. The van der Waals surface area contributed by atoms with E-state index in [1.165, 1.54) is 5.56 Å². The molecule has 31 heavy (non-hydrogen) atoms. The summed E-state index contributed by atoms with van der Waals surface area (Å²) in [6.45, 7) is 12.2. The molecular weight excluding hydrogens is 396 g/mol. The van der Waals surface area contributed by atoms with Crippen molar-refractivity contribution < 1.29 is 18.6 Å². The van der Waals surface area contributed by atoms with Gasteiger partial charge < -0.3 is 28.8 Å². The summed E-state index contributed by atoms with van der Waals surface area (Å²) in [5.74, 6) is 0.868. The third-order valence-corrected chi connectivity index (χ3v) is 5.33. The lowest BCUT2D eigenvalue weighted by Gasteiger charge is -2.26. The molecule has 0 aliphatic carbocycles. The van der Waals surface area contributed by atoms with Crippen molar-refractivity contribution in [2.75, 3.05) is 77.7 Å². The summed E-state index contributed by atoms with van der Waals surface area (Å²) in [4.78, 5) is 9.22. The number of morpholine rings is 2. The highest BCUT2D eigenvalue weighted by Crippen LogP contribution is 2.19. The van der Waals surface area contributed by atoms with Gasteiger partial charge in [0.15, 0.2) is 0 Å². The van der Waals surface area contributed by atoms with Gasteiger partial charge in [-0.05, 0) is 24.6 Å². The van der Waals surface area contributed by atoms with Crippen LogP contribution in [0.1, 0.15) is 18.2 Å². The minimum atomic E-state index is 0.683. The fraction of sp³-hybridized carbons (Fsp3) is 0.609. The van der Waals surface area contributed by atoms with Crippen LogP contribution in [0.15, 0.2) is 34.9 Å². The second-order valence-corrected chi connectivity index (χ2v) is 7.55. The van der Waals surface area contributed by atoms with Gasteiger partial charge in [0.1, 0.15) is 12.0 Å². The zero-order valence-corrected chi connectivity index (χ0v) is 18.8. The van der Waals surface area contributed by atoms with Crippen molar-refractivity contribution in [2.24, 2.45) is 0 Å². The molecule has 0 saturated carbocycles. The standard InChI is InChI=1S/C19H27N3O3.C4H9NO/c1-3-22(14-16-5-4-6-18(13-16)23-2)19-20-17(15-25-19)7-8-21-9-11-24-12-10-21;1-3-6-4-2-5-1/h4-6,13,15H,3,7-12,14H2,1-2H3;5H,1-4H2. The molecule has 1 aromatic heterocycles. The van der Waals surface area contributed by atoms with Crippen molar-refractivity contribution in [3.8, 4) is 5.75 Å². The van der Waals surface area contributed by atoms with Crippen LogP contribution >= 0.6 is 0 Å². The number of rotatable bonds is 8. The number of aromatic nitrogens is 1. The van der Waals surface area contributed by atoms with Crippen molar-refractivity contribution in [1.29, 1.82) is 0 Å². The molecule has 0 amide bonds. The molecule has 1 aromatic carbocycles. The van der Waals surface area contributed by atoms with Crippen LogP contribution < -0.4 is 15.0 Å². The van der Waals surface area contributed by atoms with E-state index in [0.717, 1.165) is 90.1 Å². The van der Waals surface area contributed by atoms with Gasteiger partial charge in [0.25, 0.3) is 6.01 Å². The Morgan fingerprint density at radius 2 is 1.90 bits per heavy atom. The fourth-order valence-electron chi connectivity index (χ4n) is 3.48. The second-order valence-electron chi connectivity index (χ2n) is 7.55. The summed E-state index contributed by atoms with van der Waals surface area (Å²) in [6.07, 6.45) is 2.68. The van der Waals surface area contributed by atoms with Crippen molar-refractivity contribution >= 4 is 6.01 Å². The normalized spacial score (nSPS) is 17.0. The number of ether oxygens (including phenoxy) is 3. The highest BCUT2D eigenvalue weighted by atomic mass is 16.5. The first-order chi connectivity index (χ1) is 15.3. The molecule has 0 spiro atoms. The molecule has 2 aliphatic heterocycles. The SMILES string of the molecule is C1COCCN1.CCN(Cc1cccc(OC)c1)c1nc(CCN2CCOCC2)co1. The maximum atomic E-state index is 5.73. The fourth-order valence-corrected chi connectivity index (χ4v) is 3.48. The maximum absolute atomic E-state index is 5.73. The van der Waals surface area contributed by atoms with Crippen molar-refractivity contribution in [3.05, 3.63) is 41.8 Å². The highest BCUT2D eigenvalue weighted by molar-refractivity contribution is 5.34. The van der Waals surface area contributed by atoms with Gasteiger partial charge in [-0.2, -0.15) is 4.98 Å². The van der Waals surface area contributed by atoms with Crippen molar-refractivity contribution in [2.45, 2.75) is 19.9 Å². The average Bonchev–Trinajstić information content (AvgIpc) is 3.32. The Morgan fingerprint density at radius 3 is 2.55 bits per heavy atom. The second kappa shape index (κ2) is 13.3. The van der Waals surface area contributed by atoms with Gasteiger partial charge in [-0.3, -0.25) is 4.90 Å². The molecule has 2 fully saturated rings. The number of oxazole rings is 1. The van der Waals surface area contributed by atoms with E-state index >= 15 is 0 Å². The van der Waals surface area contributed by atoms with E-state index in [-0.39, 0.29) is 0 Å². The molecule has 1 N–H and O–H groups in total. The Hall–Kier alpha value is -2.13. The average molecular weight is 433 g/mol. The molecule has 0 atom stereocenters. The number of hydrogen-bond acceptors (Lipinski definition) is 8. The molecule has 8 heteroatoms. The number of nitrogens with one attached hydrogen (secondary N) is 1. The zero-order valence-electron chi connectivity index (χ0n) is 18.8. The van der Waals surface area contributed by atoms with Crippen LogP contribution in [0, 0.1) is 0 Å². The Bertz CT molecular complexity index is 733. The summed E-state index contributed by atoms with van der Waals surface area (Å²) in [6, 6.07) is 8.78. The van der Waals surface area contributed by atoms with Crippen LogP contribution in [-0.4, -0.2) is 82.7 Å². The highest BCUT2D eigenvalue weighted by Gasteiger charge is 2.15. The van der Waals surface area contributed by atoms with Crippen LogP contribution in [0.2, 0.25) is 0 Å². The van der Waals surface area contributed by atoms with Crippen LogP contribution in [0.3, 0.4) is 0 Å². The third kappa shape index (κ3) is 8.14. The van der Waals surface area contributed by atoms with E-state index in [2.05, 4.69) is 33.1 Å². The van der Waals surface area contributed by atoms with Gasteiger partial charge in [0.2, 0.25) is 0 Å². The smallest absolute Gasteiger partial charge is 0.297 e. The molecule has 8 nitrogen and oxygen atoms in total. The lowest BCUT2D eigenvalue weighted by atomic mass is 10.2. The first kappa shape index (κ1) is 23.5. The minimum absolute atomic E-state index is 0.683. The number of benzene rings is 1. The predicted molar refractivity (Wildman–Crippen MR) is 121 cm³/mol. The Labute approximate surface area is 185 Å². The van der Waals surface area contributed by atoms with E-state index in [0.29, 0.717) is 6.01 Å². The third-order valence-electron chi connectivity index (χ3n) is 5.33. The van der Waals surface area contributed by atoms with Gasteiger partial charge >= 0.3 is 0 Å². The van der Waals surface area contributed by atoms with Crippen LogP contribution in [0.4, 0.5) is 6.01 Å². The molecule has 2 aromatic rings. The summed E-state index contributed by atoms with van der Waals surface area (Å²) in [5.41, 5.74) is 2.18. The van der Waals surface area contributed by atoms with Gasteiger partial charge in [-0.15, -0.1) is 0 Å². The van der Waals surface area contributed by atoms with E-state index in [9.17, 15) is 0 Å². The molecule has 3 heterocycles. The summed E-state index contributed by atoms with van der Waals surface area (Å²) in [5, 5.41) is 3.16. The summed E-state index contributed by atoms with van der Waals surface area (Å²) in [7, 11) is 1.69. The molecule has 0 radical (unpaired) electrons. The number of hydrogen-bond donors (Lipinski definition) is 1. The topological polar surface area (TPSA) is 72.2 Å². The molecule has 0 bridgehead atoms. The number of anilines is 1. The van der Waals surface area contributed by atoms with Crippen LogP contribution in [-0.2, 0) is 22.4 Å². The molecule has 4 rings (SSSR count). The molecule has 172 valence electrons. The molecular formula is C23H36N4O4. The van der Waals surface area contributed by atoms with E-state index < -0.39 is 0 Å². The minimum Gasteiger partial charge on any atom is -0.497 e. The first-order valence-corrected chi connectivity index (χ1v) is 11.2. The van der Waals surface area contributed by atoms with E-state index in [1.807, 2.05) is 18.2 Å². The Kier molecular flexibility index (Phi) is 10.1. The molecule has 0 unspecified atom stereocenters. The molecule has 2 saturated heterocycles. The largest absolute Gasteiger partial charge is 0.497 e. The monoisotopic (exact) mass is 432 g/mol. The Morgan fingerprint density at radius 1 is 1.13 bits per heavy atom. The van der Waals surface area contributed by atoms with Gasteiger partial charge in [0.05, 0.1) is 39.2 Å². The number of nitrogens with zero attached hydrogens (tertiary/aromatic N) is 3. The van der Waals surface area contributed by atoms with Crippen LogP contribution in [0.5, 0.6) is 5.75 Å². The van der Waals surface area contributed by atoms with E-state index in [1.54, 1.807) is 13.4 Å². The maximum Gasteiger partial charge on any atom is 0.297 e. The number of methoxy groups -OCH3 is 1. The summed E-state index contributed by atoms with van der Waals surface area (Å²) < 4.78 is 21.4. The summed E-state index contributed by atoms with van der Waals surface area (Å²) >= 11 is 0. The van der Waals surface area contributed by atoms with Gasteiger partial charge in [-0.1, -0.05) is 12.1 Å². The van der Waals surface area contributed by atoms with E-state index in [4.69, 9.17) is 18.6 Å². The van der Waals surface area contributed by atoms with Crippen LogP contribution in [0.25, 0.3) is 0 Å². The first-order valence-electron chi connectivity index (χ1n) is 11.2. The Balaban J connectivity index is 0.000000391.